The van der Waals surface area contributed by atoms with Crippen LogP contribution in [0.2, 0.25) is 0 Å². The van der Waals surface area contributed by atoms with Crippen LogP contribution >= 0.6 is 15.9 Å². The molecule has 3 rings (SSSR count). The smallest absolute Gasteiger partial charge is 0.219 e. The number of hydrogen-bond donors (Lipinski definition) is 1. The quantitative estimate of drug-likeness (QED) is 0.900. The summed E-state index contributed by atoms with van der Waals surface area (Å²) in [6.45, 7) is 3.46. The van der Waals surface area contributed by atoms with Crippen molar-refractivity contribution >= 4 is 21.8 Å². The van der Waals surface area contributed by atoms with Crippen LogP contribution in [0.3, 0.4) is 0 Å². The third-order valence-corrected chi connectivity index (χ3v) is 5.05. The van der Waals surface area contributed by atoms with Crippen molar-refractivity contribution in [3.05, 3.63) is 33.8 Å². The molecule has 3 nitrogen and oxygen atoms in total. The topological polar surface area (TPSA) is 32.3 Å². The van der Waals surface area contributed by atoms with Crippen molar-refractivity contribution in [2.24, 2.45) is 0 Å². The van der Waals surface area contributed by atoms with E-state index in [1.165, 1.54) is 28.4 Å². The lowest BCUT2D eigenvalue weighted by atomic mass is 10.0. The zero-order chi connectivity index (χ0) is 14.1. The third kappa shape index (κ3) is 2.91. The summed E-state index contributed by atoms with van der Waals surface area (Å²) < 4.78 is 1.17. The molecule has 0 radical (unpaired) electrons. The predicted molar refractivity (Wildman–Crippen MR) is 83.6 cm³/mol. The first kappa shape index (κ1) is 14.1. The number of hydrogen-bond acceptors (Lipinski definition) is 2. The van der Waals surface area contributed by atoms with E-state index in [4.69, 9.17) is 0 Å². The second kappa shape index (κ2) is 5.86. The summed E-state index contributed by atoms with van der Waals surface area (Å²) in [4.78, 5) is 13.3. The Morgan fingerprint density at radius 1 is 1.30 bits per heavy atom. The van der Waals surface area contributed by atoms with Crippen molar-refractivity contribution in [1.82, 2.24) is 10.2 Å². The number of piperidine rings is 1. The molecule has 1 N–H and O–H groups in total. The first-order chi connectivity index (χ1) is 9.63. The Morgan fingerprint density at radius 3 is 2.75 bits per heavy atom. The van der Waals surface area contributed by atoms with Crippen LogP contribution in [-0.2, 0) is 11.2 Å². The van der Waals surface area contributed by atoms with E-state index in [1.807, 2.05) is 4.90 Å². The summed E-state index contributed by atoms with van der Waals surface area (Å²) in [6.07, 6.45) is 4.50. The minimum atomic E-state index is 0.208. The number of carbonyl (C=O) groups is 1. The molecule has 0 saturated carbocycles. The minimum Gasteiger partial charge on any atom is -0.343 e. The molecule has 1 aliphatic heterocycles. The summed E-state index contributed by atoms with van der Waals surface area (Å²) in [6, 6.07) is 7.67. The average Bonchev–Trinajstić information content (AvgIpc) is 2.81. The summed E-state index contributed by atoms with van der Waals surface area (Å²) in [7, 11) is 0. The van der Waals surface area contributed by atoms with Crippen LogP contribution in [0.1, 0.15) is 43.4 Å². The van der Waals surface area contributed by atoms with Gasteiger partial charge in [-0.1, -0.05) is 22.0 Å². The van der Waals surface area contributed by atoms with Gasteiger partial charge in [0.05, 0.1) is 0 Å². The molecule has 1 saturated heterocycles. The Morgan fingerprint density at radius 2 is 2.05 bits per heavy atom. The molecule has 1 aromatic carbocycles. The molecule has 0 bridgehead atoms. The van der Waals surface area contributed by atoms with E-state index < -0.39 is 0 Å². The molecule has 0 spiro atoms. The van der Waals surface area contributed by atoms with Gasteiger partial charge in [-0.2, -0.15) is 0 Å². The number of fused-ring (bicyclic) bond motifs is 1. The molecule has 1 aliphatic carbocycles. The van der Waals surface area contributed by atoms with Gasteiger partial charge in [0, 0.05) is 36.6 Å². The first-order valence-electron chi connectivity index (χ1n) is 7.43. The molecule has 1 unspecified atom stereocenters. The van der Waals surface area contributed by atoms with Crippen LogP contribution in [0.15, 0.2) is 22.7 Å². The van der Waals surface area contributed by atoms with E-state index in [9.17, 15) is 4.79 Å². The van der Waals surface area contributed by atoms with E-state index in [1.54, 1.807) is 6.92 Å². The van der Waals surface area contributed by atoms with Gasteiger partial charge < -0.3 is 10.2 Å². The number of carbonyl (C=O) groups excluding carboxylic acids is 1. The number of halogens is 1. The van der Waals surface area contributed by atoms with Gasteiger partial charge in [0.2, 0.25) is 5.91 Å². The molecule has 20 heavy (non-hydrogen) atoms. The van der Waals surface area contributed by atoms with E-state index in [-0.39, 0.29) is 5.91 Å². The molecular formula is C16H21BrN2O. The van der Waals surface area contributed by atoms with Gasteiger partial charge in [-0.05, 0) is 48.9 Å². The van der Waals surface area contributed by atoms with Gasteiger partial charge in [0.15, 0.2) is 0 Å². The summed E-state index contributed by atoms with van der Waals surface area (Å²) in [5, 5.41) is 3.80. The lowest BCUT2D eigenvalue weighted by Gasteiger charge is -2.33. The van der Waals surface area contributed by atoms with Gasteiger partial charge in [-0.25, -0.2) is 0 Å². The fraction of sp³-hybridized carbons (Fsp3) is 0.562. The molecule has 1 amide bonds. The van der Waals surface area contributed by atoms with E-state index in [2.05, 4.69) is 39.4 Å². The summed E-state index contributed by atoms with van der Waals surface area (Å²) >= 11 is 3.55. The molecule has 1 aromatic rings. The van der Waals surface area contributed by atoms with Crippen molar-refractivity contribution in [2.45, 2.75) is 44.7 Å². The maximum Gasteiger partial charge on any atom is 0.219 e. The Labute approximate surface area is 128 Å². The van der Waals surface area contributed by atoms with Gasteiger partial charge in [-0.15, -0.1) is 0 Å². The second-order valence-electron chi connectivity index (χ2n) is 5.88. The number of likely N-dealkylation sites (tertiary alicyclic amines) is 1. The lowest BCUT2D eigenvalue weighted by Crippen LogP contribution is -2.44. The van der Waals surface area contributed by atoms with Crippen LogP contribution in [0.25, 0.3) is 0 Å². The van der Waals surface area contributed by atoms with Crippen LogP contribution in [0.4, 0.5) is 0 Å². The Balaban J connectivity index is 1.60. The zero-order valence-electron chi connectivity index (χ0n) is 11.9. The number of nitrogens with one attached hydrogen (secondary N) is 1. The van der Waals surface area contributed by atoms with E-state index in [0.717, 1.165) is 25.9 Å². The molecule has 1 fully saturated rings. The van der Waals surface area contributed by atoms with Crippen LogP contribution in [-0.4, -0.2) is 29.9 Å². The minimum absolute atomic E-state index is 0.208. The van der Waals surface area contributed by atoms with Crippen LogP contribution < -0.4 is 5.32 Å². The van der Waals surface area contributed by atoms with Crippen molar-refractivity contribution in [3.63, 3.8) is 0 Å². The van der Waals surface area contributed by atoms with Crippen LogP contribution in [0.5, 0.6) is 0 Å². The molecular weight excluding hydrogens is 316 g/mol. The zero-order valence-corrected chi connectivity index (χ0v) is 13.4. The highest BCUT2D eigenvalue weighted by molar-refractivity contribution is 9.10. The third-order valence-electron chi connectivity index (χ3n) is 4.56. The van der Waals surface area contributed by atoms with Gasteiger partial charge in [-0.3, -0.25) is 4.79 Å². The van der Waals surface area contributed by atoms with Crippen molar-refractivity contribution in [2.75, 3.05) is 13.1 Å². The van der Waals surface area contributed by atoms with Crippen LogP contribution in [0, 0.1) is 0 Å². The Kier molecular flexibility index (Phi) is 4.13. The lowest BCUT2D eigenvalue weighted by molar-refractivity contribution is -0.129. The number of rotatable bonds is 2. The fourth-order valence-corrected chi connectivity index (χ4v) is 3.81. The molecule has 1 heterocycles. The second-order valence-corrected chi connectivity index (χ2v) is 6.80. The van der Waals surface area contributed by atoms with E-state index >= 15 is 0 Å². The number of aryl methyl sites for hydroxylation is 1. The highest BCUT2D eigenvalue weighted by Crippen LogP contribution is 2.33. The highest BCUT2D eigenvalue weighted by atomic mass is 79.9. The molecule has 0 aromatic heterocycles. The normalized spacial score (nSPS) is 22.9. The summed E-state index contributed by atoms with van der Waals surface area (Å²) in [5.74, 6) is 0.208. The molecule has 2 aliphatic rings. The average molecular weight is 337 g/mol. The first-order valence-corrected chi connectivity index (χ1v) is 8.22. The fourth-order valence-electron chi connectivity index (χ4n) is 3.40. The summed E-state index contributed by atoms with van der Waals surface area (Å²) in [5.41, 5.74) is 2.93. The Hall–Kier alpha value is -0.870. The largest absolute Gasteiger partial charge is 0.343 e. The number of benzene rings is 1. The SMILES string of the molecule is CC(=O)N1CCC(NC2CCc3cc(Br)ccc32)CC1. The maximum absolute atomic E-state index is 11.3. The van der Waals surface area contributed by atoms with Gasteiger partial charge in [0.1, 0.15) is 0 Å². The van der Waals surface area contributed by atoms with Crippen molar-refractivity contribution in [3.8, 4) is 0 Å². The highest BCUT2D eigenvalue weighted by Gasteiger charge is 2.27. The predicted octanol–water partition coefficient (Wildman–Crippen LogP) is 3.04. The molecule has 108 valence electrons. The monoisotopic (exact) mass is 336 g/mol. The molecule has 4 heteroatoms. The number of nitrogens with zero attached hydrogens (tertiary/aromatic N) is 1. The van der Waals surface area contributed by atoms with Crippen molar-refractivity contribution in [1.29, 1.82) is 0 Å². The Bertz CT molecular complexity index is 509. The number of amides is 1. The molecule has 1 atom stereocenters. The van der Waals surface area contributed by atoms with Crippen molar-refractivity contribution < 1.29 is 4.79 Å². The standard InChI is InChI=1S/C16H21BrN2O/c1-11(20)19-8-6-14(7-9-19)18-16-5-2-12-10-13(17)3-4-15(12)16/h3-4,10,14,16,18H,2,5-9H2,1H3. The van der Waals surface area contributed by atoms with E-state index in [0.29, 0.717) is 12.1 Å². The van der Waals surface area contributed by atoms with Gasteiger partial charge >= 0.3 is 0 Å². The maximum atomic E-state index is 11.3. The van der Waals surface area contributed by atoms with Gasteiger partial charge in [0.25, 0.3) is 0 Å².